The van der Waals surface area contributed by atoms with Crippen LogP contribution in [0.1, 0.15) is 91.6 Å². The highest BCUT2D eigenvalue weighted by atomic mass is 32.1. The zero-order chi connectivity index (χ0) is 35.8. The van der Waals surface area contributed by atoms with Gasteiger partial charge in [-0.15, -0.1) is 11.3 Å². The largest absolute Gasteiger partial charge is 0.359 e. The van der Waals surface area contributed by atoms with Gasteiger partial charge in [0.2, 0.25) is 0 Å². The lowest BCUT2D eigenvalue weighted by Gasteiger charge is -2.31. The first kappa shape index (κ1) is 27.1. The maximum absolute atomic E-state index is 8.05. The number of benzene rings is 4. The van der Waals surface area contributed by atoms with Crippen molar-refractivity contribution in [2.45, 2.75) is 77.2 Å². The molecule has 0 radical (unpaired) electrons. The molecule has 0 saturated heterocycles. The van der Waals surface area contributed by atoms with E-state index < -0.39 is 6.85 Å². The fourth-order valence-corrected chi connectivity index (χ4v) is 9.22. The fourth-order valence-electron chi connectivity index (χ4n) is 8.00. The highest BCUT2D eigenvalue weighted by molar-refractivity contribution is 7.25. The van der Waals surface area contributed by atoms with E-state index in [9.17, 15) is 0 Å². The molecule has 5 heteroatoms. The Labute approximate surface area is 297 Å². The number of nitrogens with zero attached hydrogens (tertiary/aromatic N) is 3. The van der Waals surface area contributed by atoms with Crippen LogP contribution in [0.15, 0.2) is 103 Å². The molecule has 2 aliphatic rings. The van der Waals surface area contributed by atoms with Crippen molar-refractivity contribution in [3.8, 4) is 11.1 Å². The number of rotatable bonds is 4. The van der Waals surface area contributed by atoms with Crippen LogP contribution < -0.4 is 10.2 Å². The number of anilines is 3. The third kappa shape index (κ3) is 5.18. The summed E-state index contributed by atoms with van der Waals surface area (Å²) in [5, 5.41) is 7.26. The second-order valence-electron chi connectivity index (χ2n) is 14.7. The van der Waals surface area contributed by atoms with E-state index >= 15 is 0 Å². The average molecular weight is 662 g/mol. The summed E-state index contributed by atoms with van der Waals surface area (Å²) in [5.41, 5.74) is 9.69. The second kappa shape index (κ2) is 11.7. The topological polar surface area (TPSA) is 41.1 Å². The monoisotopic (exact) mass is 661 g/mol. The molecule has 1 unspecified atom stereocenters. The first-order valence-corrected chi connectivity index (χ1v) is 18.4. The molecule has 9 rings (SSSR count). The molecule has 4 nitrogen and oxygen atoms in total. The molecule has 49 heavy (non-hydrogen) atoms. The first-order valence-electron chi connectivity index (χ1n) is 19.1. The van der Waals surface area contributed by atoms with Gasteiger partial charge in [0.05, 0.1) is 22.6 Å². The van der Waals surface area contributed by atoms with Crippen molar-refractivity contribution >= 4 is 59.6 Å². The van der Waals surface area contributed by atoms with Gasteiger partial charge in [-0.05, 0) is 84.8 Å². The molecule has 3 aromatic heterocycles. The molecule has 0 amide bonds. The first-order chi connectivity index (χ1) is 25.0. The van der Waals surface area contributed by atoms with Crippen molar-refractivity contribution in [1.82, 2.24) is 9.97 Å². The predicted molar refractivity (Wildman–Crippen MR) is 209 cm³/mol. The molecule has 4 heterocycles. The van der Waals surface area contributed by atoms with Gasteiger partial charge in [0.25, 0.3) is 0 Å². The van der Waals surface area contributed by atoms with Gasteiger partial charge in [0, 0.05) is 53.4 Å². The van der Waals surface area contributed by atoms with Crippen molar-refractivity contribution in [3.05, 3.63) is 126 Å². The molecule has 1 aliphatic heterocycles. The molecule has 1 saturated carbocycles. The molecule has 0 spiro atoms. The van der Waals surface area contributed by atoms with E-state index in [-0.39, 0.29) is 17.3 Å². The molecule has 7 aromatic rings. The minimum Gasteiger partial charge on any atom is -0.359 e. The number of hydrogen-bond donors (Lipinski definition) is 1. The Bertz CT molecular complexity index is 2470. The predicted octanol–water partition coefficient (Wildman–Crippen LogP) is 12.6. The van der Waals surface area contributed by atoms with E-state index in [1.54, 1.807) is 17.4 Å². The SMILES string of the molecule is [2H]C([2H])([2H])c1ccc2c3c(ccc2n1)NC(c1cccc2c1sc1nc(C4CCCCC4)ccc12)N3c1ccc(C(C)(C)C)cc1-c1ccccc1. The van der Waals surface area contributed by atoms with Crippen LogP contribution in [0.5, 0.6) is 0 Å². The molecule has 1 N–H and O–H groups in total. The maximum Gasteiger partial charge on any atom is 0.132 e. The van der Waals surface area contributed by atoms with E-state index in [1.165, 1.54) is 64.4 Å². The maximum atomic E-state index is 8.05. The summed E-state index contributed by atoms with van der Waals surface area (Å²) in [6.07, 6.45) is 6.10. The lowest BCUT2D eigenvalue weighted by Crippen LogP contribution is -2.24. The quantitative estimate of drug-likeness (QED) is 0.204. The zero-order valence-corrected chi connectivity index (χ0v) is 29.1. The van der Waals surface area contributed by atoms with Crippen LogP contribution in [0.2, 0.25) is 0 Å². The smallest absolute Gasteiger partial charge is 0.132 e. The van der Waals surface area contributed by atoms with Crippen LogP contribution in [-0.2, 0) is 5.41 Å². The summed E-state index contributed by atoms with van der Waals surface area (Å²) in [4.78, 5) is 13.5. The molecular weight excluding hydrogens is 617 g/mol. The lowest BCUT2D eigenvalue weighted by atomic mass is 9.84. The molecule has 1 fully saturated rings. The van der Waals surface area contributed by atoms with Crippen molar-refractivity contribution in [2.75, 3.05) is 10.2 Å². The molecule has 1 aliphatic carbocycles. The highest BCUT2D eigenvalue weighted by Gasteiger charge is 2.36. The Balaban J connectivity index is 1.28. The van der Waals surface area contributed by atoms with Crippen LogP contribution in [-0.4, -0.2) is 9.97 Å². The highest BCUT2D eigenvalue weighted by Crippen LogP contribution is 2.53. The van der Waals surface area contributed by atoms with Gasteiger partial charge in [-0.25, -0.2) is 4.98 Å². The van der Waals surface area contributed by atoms with Crippen LogP contribution in [0.3, 0.4) is 0 Å². The number of pyridine rings is 2. The Morgan fingerprint density at radius 2 is 1.63 bits per heavy atom. The molecular formula is C44H42N4S. The number of nitrogens with one attached hydrogen (secondary N) is 1. The Kier molecular flexibility index (Phi) is 6.48. The van der Waals surface area contributed by atoms with Crippen LogP contribution in [0.4, 0.5) is 17.1 Å². The van der Waals surface area contributed by atoms with E-state index in [2.05, 4.69) is 121 Å². The standard InChI is InChI=1S/C44H42N4S/c1-27-18-20-33-37(45-27)23-24-38-40(33)48(39-25-19-30(44(2,3)4)26-35(39)28-12-7-5-8-13-28)42(46-38)34-17-11-16-31-32-21-22-36(29-14-9-6-10-15-29)47-43(32)49-41(31)34/h5,7-8,11-13,16-26,29,42,46H,6,9-10,14-15H2,1-4H3/i1D3. The van der Waals surface area contributed by atoms with Gasteiger partial charge >= 0.3 is 0 Å². The molecule has 0 bridgehead atoms. The third-order valence-electron chi connectivity index (χ3n) is 10.6. The molecule has 1 atom stereocenters. The number of aromatic nitrogens is 2. The van der Waals surface area contributed by atoms with Crippen molar-refractivity contribution in [1.29, 1.82) is 0 Å². The van der Waals surface area contributed by atoms with Crippen LogP contribution >= 0.6 is 11.3 Å². The van der Waals surface area contributed by atoms with Gasteiger partial charge in [0.1, 0.15) is 11.0 Å². The number of aryl methyl sites for hydroxylation is 1. The molecule has 244 valence electrons. The minimum atomic E-state index is -2.29. The Morgan fingerprint density at radius 3 is 2.45 bits per heavy atom. The lowest BCUT2D eigenvalue weighted by molar-refractivity contribution is 0.437. The fraction of sp³-hybridized carbons (Fsp3) is 0.273. The van der Waals surface area contributed by atoms with Crippen LogP contribution in [0, 0.1) is 6.85 Å². The van der Waals surface area contributed by atoms with Gasteiger partial charge in [-0.2, -0.15) is 0 Å². The average Bonchev–Trinajstić information content (AvgIpc) is 3.73. The van der Waals surface area contributed by atoms with E-state index in [1.807, 2.05) is 12.1 Å². The van der Waals surface area contributed by atoms with Crippen molar-refractivity contribution in [3.63, 3.8) is 0 Å². The van der Waals surface area contributed by atoms with Gasteiger partial charge < -0.3 is 10.2 Å². The summed E-state index contributed by atoms with van der Waals surface area (Å²) in [7, 11) is 0. The summed E-state index contributed by atoms with van der Waals surface area (Å²) in [6, 6.07) is 36.3. The Hall–Kier alpha value is -4.74. The van der Waals surface area contributed by atoms with Crippen LogP contribution in [0.25, 0.3) is 42.3 Å². The van der Waals surface area contributed by atoms with Gasteiger partial charge in [-0.3, -0.25) is 4.98 Å². The summed E-state index contributed by atoms with van der Waals surface area (Å²) >= 11 is 1.79. The van der Waals surface area contributed by atoms with Gasteiger partial charge in [-0.1, -0.05) is 94.6 Å². The summed E-state index contributed by atoms with van der Waals surface area (Å²) < 4.78 is 25.4. The van der Waals surface area contributed by atoms with E-state index in [4.69, 9.17) is 9.10 Å². The second-order valence-corrected chi connectivity index (χ2v) is 15.7. The molecule has 4 aromatic carbocycles. The number of thiophene rings is 1. The van der Waals surface area contributed by atoms with E-state index in [0.717, 1.165) is 38.4 Å². The zero-order valence-electron chi connectivity index (χ0n) is 31.3. The van der Waals surface area contributed by atoms with Gasteiger partial charge in [0.15, 0.2) is 0 Å². The summed E-state index contributed by atoms with van der Waals surface area (Å²) in [5.74, 6) is 0.546. The number of hydrogen-bond acceptors (Lipinski definition) is 5. The normalized spacial score (nSPS) is 18.0. The number of fused-ring (bicyclic) bond motifs is 6. The summed E-state index contributed by atoms with van der Waals surface area (Å²) in [6.45, 7) is 4.47. The van der Waals surface area contributed by atoms with Crippen molar-refractivity contribution < 1.29 is 4.11 Å². The minimum absolute atomic E-state index is 0.0446. The van der Waals surface area contributed by atoms with E-state index in [0.29, 0.717) is 11.4 Å². The van der Waals surface area contributed by atoms with Crippen molar-refractivity contribution in [2.24, 2.45) is 0 Å². The Morgan fingerprint density at radius 1 is 0.796 bits per heavy atom. The third-order valence-corrected chi connectivity index (χ3v) is 11.7.